The van der Waals surface area contributed by atoms with Crippen LogP contribution >= 0.6 is 0 Å². The highest BCUT2D eigenvalue weighted by Crippen LogP contribution is 2.37. The molecule has 0 spiro atoms. The van der Waals surface area contributed by atoms with E-state index in [1.807, 2.05) is 0 Å². The molecule has 3 rings (SSSR count). The number of methoxy groups -OCH3 is 3. The molecule has 0 radical (unpaired) electrons. The van der Waals surface area contributed by atoms with Crippen molar-refractivity contribution in [3.63, 3.8) is 0 Å². The maximum atomic E-state index is 13.7. The van der Waals surface area contributed by atoms with Gasteiger partial charge in [0.25, 0.3) is 15.9 Å². The van der Waals surface area contributed by atoms with Gasteiger partial charge in [-0.3, -0.25) is 9.10 Å². The number of carbonyl (C=O) groups is 1. The van der Waals surface area contributed by atoms with Crippen LogP contribution in [0.4, 0.5) is 5.69 Å². The number of carbonyl (C=O) groups excluding carboxylic acids is 1. The van der Waals surface area contributed by atoms with Crippen molar-refractivity contribution >= 4 is 27.3 Å². The largest absolute Gasteiger partial charge is 0.497 e. The normalized spacial score (nSPS) is 16.1. The zero-order chi connectivity index (χ0) is 27.2. The molecule has 0 aromatic heterocycles. The fourth-order valence-corrected chi connectivity index (χ4v) is 5.84. The van der Waals surface area contributed by atoms with Crippen molar-refractivity contribution in [3.8, 4) is 17.2 Å². The van der Waals surface area contributed by atoms with Gasteiger partial charge in [0.1, 0.15) is 12.3 Å². The third-order valence-electron chi connectivity index (χ3n) is 6.72. The summed E-state index contributed by atoms with van der Waals surface area (Å²) in [6.07, 6.45) is 3.66. The molecule has 1 aliphatic rings. The third kappa shape index (κ3) is 6.94. The number of anilines is 1. The van der Waals surface area contributed by atoms with Crippen LogP contribution in [0, 0.1) is 11.3 Å². The minimum Gasteiger partial charge on any atom is -0.497 e. The average Bonchev–Trinajstić information content (AvgIpc) is 2.89. The predicted octanol–water partition coefficient (Wildman–Crippen LogP) is 4.62. The number of rotatable bonds is 9. The molecule has 1 fully saturated rings. The van der Waals surface area contributed by atoms with E-state index in [4.69, 9.17) is 14.2 Å². The van der Waals surface area contributed by atoms with Crippen LogP contribution in [0.1, 0.15) is 46.5 Å². The standard InChI is InChI=1S/C27H37N3O6S/c1-27(2,3)19-7-9-20(10-8-19)28-29-26(31)18-30(21-11-13-22(34-4)14-12-21)37(32,33)23-15-16-24(35-5)25(17-23)36-6/h11-17,19H,7-10,18H2,1-6H3,(H,29,31). The summed E-state index contributed by atoms with van der Waals surface area (Å²) in [6.45, 7) is 6.28. The first-order valence-electron chi connectivity index (χ1n) is 12.2. The second-order valence-corrected chi connectivity index (χ2v) is 11.9. The SMILES string of the molecule is COc1ccc(N(CC(=O)NN=C2CCC(C(C)(C)C)CC2)S(=O)(=O)c2ccc(OC)c(OC)c2)cc1. The summed E-state index contributed by atoms with van der Waals surface area (Å²) >= 11 is 0. The summed E-state index contributed by atoms with van der Waals surface area (Å²) in [6, 6.07) is 10.7. The fourth-order valence-electron chi connectivity index (χ4n) is 4.40. The number of nitrogens with zero attached hydrogens (tertiary/aromatic N) is 2. The van der Waals surface area contributed by atoms with Crippen LogP contribution in [-0.2, 0) is 14.8 Å². The van der Waals surface area contributed by atoms with Crippen LogP contribution in [-0.4, -0.2) is 47.9 Å². The molecule has 1 amide bonds. The van der Waals surface area contributed by atoms with Gasteiger partial charge in [-0.2, -0.15) is 5.10 Å². The zero-order valence-corrected chi connectivity index (χ0v) is 23.2. The van der Waals surface area contributed by atoms with E-state index < -0.39 is 22.5 Å². The molecule has 0 bridgehead atoms. The Morgan fingerprint density at radius 3 is 2.14 bits per heavy atom. The van der Waals surface area contributed by atoms with Crippen molar-refractivity contribution < 1.29 is 27.4 Å². The molecule has 0 atom stereocenters. The van der Waals surface area contributed by atoms with Crippen molar-refractivity contribution in [2.24, 2.45) is 16.4 Å². The molecule has 2 aromatic carbocycles. The number of sulfonamides is 1. The van der Waals surface area contributed by atoms with E-state index in [1.165, 1.54) is 39.5 Å². The second-order valence-electron chi connectivity index (χ2n) is 10.1. The van der Waals surface area contributed by atoms with Crippen molar-refractivity contribution in [2.45, 2.75) is 51.3 Å². The zero-order valence-electron chi connectivity index (χ0n) is 22.4. The first kappa shape index (κ1) is 28.3. The summed E-state index contributed by atoms with van der Waals surface area (Å²) < 4.78 is 44.2. The number of amides is 1. The molecule has 10 heteroatoms. The van der Waals surface area contributed by atoms with Crippen molar-refractivity contribution in [3.05, 3.63) is 42.5 Å². The van der Waals surface area contributed by atoms with E-state index in [0.717, 1.165) is 35.7 Å². The maximum Gasteiger partial charge on any atom is 0.264 e. The van der Waals surface area contributed by atoms with E-state index in [1.54, 1.807) is 24.3 Å². The van der Waals surface area contributed by atoms with Gasteiger partial charge in [-0.1, -0.05) is 20.8 Å². The number of benzene rings is 2. The minimum atomic E-state index is -4.15. The Bertz CT molecular complexity index is 1210. The van der Waals surface area contributed by atoms with Crippen LogP contribution in [0.3, 0.4) is 0 Å². The molecule has 0 heterocycles. The molecule has 1 N–H and O–H groups in total. The molecule has 2 aromatic rings. The lowest BCUT2D eigenvalue weighted by molar-refractivity contribution is -0.119. The predicted molar refractivity (Wildman–Crippen MR) is 144 cm³/mol. The van der Waals surface area contributed by atoms with Crippen molar-refractivity contribution in [1.82, 2.24) is 5.43 Å². The van der Waals surface area contributed by atoms with Gasteiger partial charge in [-0.05, 0) is 73.4 Å². The average molecular weight is 532 g/mol. The lowest BCUT2D eigenvalue weighted by Gasteiger charge is -2.34. The highest BCUT2D eigenvalue weighted by Gasteiger charge is 2.30. The highest BCUT2D eigenvalue weighted by atomic mass is 32.2. The molecule has 0 aliphatic heterocycles. The molecule has 202 valence electrons. The Morgan fingerprint density at radius 2 is 1.59 bits per heavy atom. The fraction of sp³-hybridized carbons (Fsp3) is 0.481. The molecule has 0 saturated heterocycles. The Balaban J connectivity index is 1.84. The Morgan fingerprint density at radius 1 is 0.973 bits per heavy atom. The first-order valence-corrected chi connectivity index (χ1v) is 13.7. The highest BCUT2D eigenvalue weighted by molar-refractivity contribution is 7.92. The molecular weight excluding hydrogens is 494 g/mol. The Hall–Kier alpha value is -3.27. The Labute approximate surface area is 219 Å². The summed E-state index contributed by atoms with van der Waals surface area (Å²) in [5, 5.41) is 4.32. The monoisotopic (exact) mass is 531 g/mol. The first-order chi connectivity index (χ1) is 17.5. The summed E-state index contributed by atoms with van der Waals surface area (Å²) in [5.74, 6) is 1.30. The van der Waals surface area contributed by atoms with E-state index in [0.29, 0.717) is 23.1 Å². The van der Waals surface area contributed by atoms with Gasteiger partial charge in [0.2, 0.25) is 0 Å². The third-order valence-corrected chi connectivity index (χ3v) is 8.49. The molecular formula is C27H37N3O6S. The molecule has 1 saturated carbocycles. The number of hydrazone groups is 1. The quantitative estimate of drug-likeness (QED) is 0.474. The van der Waals surface area contributed by atoms with Crippen LogP contribution in [0.15, 0.2) is 52.5 Å². The van der Waals surface area contributed by atoms with E-state index >= 15 is 0 Å². The number of ether oxygens (including phenoxy) is 3. The lowest BCUT2D eigenvalue weighted by Crippen LogP contribution is -2.40. The summed E-state index contributed by atoms with van der Waals surface area (Å²) in [7, 11) is 0.274. The molecule has 0 unspecified atom stereocenters. The van der Waals surface area contributed by atoms with Gasteiger partial charge in [0, 0.05) is 11.8 Å². The van der Waals surface area contributed by atoms with Crippen LogP contribution in [0.25, 0.3) is 0 Å². The maximum absolute atomic E-state index is 13.7. The number of hydrogen-bond acceptors (Lipinski definition) is 7. The molecule has 1 aliphatic carbocycles. The van der Waals surface area contributed by atoms with Gasteiger partial charge in [0.05, 0.1) is 31.9 Å². The van der Waals surface area contributed by atoms with Gasteiger partial charge in [-0.15, -0.1) is 0 Å². The topological polar surface area (TPSA) is 107 Å². The van der Waals surface area contributed by atoms with Gasteiger partial charge in [0.15, 0.2) is 11.5 Å². The van der Waals surface area contributed by atoms with Crippen LogP contribution in [0.2, 0.25) is 0 Å². The smallest absolute Gasteiger partial charge is 0.264 e. The van der Waals surface area contributed by atoms with Gasteiger partial charge >= 0.3 is 0 Å². The van der Waals surface area contributed by atoms with E-state index in [9.17, 15) is 13.2 Å². The van der Waals surface area contributed by atoms with Crippen LogP contribution < -0.4 is 23.9 Å². The lowest BCUT2D eigenvalue weighted by atomic mass is 9.72. The molecule has 37 heavy (non-hydrogen) atoms. The van der Waals surface area contributed by atoms with Gasteiger partial charge in [-0.25, -0.2) is 13.8 Å². The summed E-state index contributed by atoms with van der Waals surface area (Å²) in [5.41, 5.74) is 4.04. The number of nitrogens with one attached hydrogen (secondary N) is 1. The van der Waals surface area contributed by atoms with Crippen LogP contribution in [0.5, 0.6) is 17.2 Å². The summed E-state index contributed by atoms with van der Waals surface area (Å²) in [4.78, 5) is 12.9. The van der Waals surface area contributed by atoms with E-state index in [2.05, 4.69) is 31.3 Å². The number of hydrogen-bond donors (Lipinski definition) is 1. The van der Waals surface area contributed by atoms with Crippen molar-refractivity contribution in [1.29, 1.82) is 0 Å². The minimum absolute atomic E-state index is 0.0411. The second kappa shape index (κ2) is 11.9. The Kier molecular flexibility index (Phi) is 9.07. The van der Waals surface area contributed by atoms with Gasteiger partial charge < -0.3 is 14.2 Å². The van der Waals surface area contributed by atoms with Crippen molar-refractivity contribution in [2.75, 3.05) is 32.2 Å². The van der Waals surface area contributed by atoms with E-state index in [-0.39, 0.29) is 16.1 Å². The molecule has 9 nitrogen and oxygen atoms in total.